The Hall–Kier alpha value is -3.72. The zero-order chi connectivity index (χ0) is 24.3. The number of hydrogen-bond donors (Lipinski definition) is 0. The molecule has 0 heterocycles. The number of ether oxygens (including phenoxy) is 3. The highest BCUT2D eigenvalue weighted by Gasteiger charge is 2.14. The van der Waals surface area contributed by atoms with E-state index in [-0.39, 0.29) is 0 Å². The molecule has 4 aromatic rings. The molecule has 0 saturated heterocycles. The molecule has 4 rings (SSSR count). The average Bonchev–Trinajstić information content (AvgIpc) is 2.90. The number of unbranched alkanes of at least 4 members (excludes halogenated alkanes) is 2. The van der Waals surface area contributed by atoms with Crippen LogP contribution in [0.1, 0.15) is 39.5 Å². The van der Waals surface area contributed by atoms with E-state index in [1.54, 1.807) is 0 Å². The van der Waals surface area contributed by atoms with E-state index in [0.29, 0.717) is 13.2 Å². The van der Waals surface area contributed by atoms with Crippen LogP contribution in [0.4, 0.5) is 0 Å². The summed E-state index contributed by atoms with van der Waals surface area (Å²) >= 11 is 0. The summed E-state index contributed by atoms with van der Waals surface area (Å²) in [5, 5.41) is 0. The molecule has 0 aromatic heterocycles. The average molecular weight is 467 g/mol. The van der Waals surface area contributed by atoms with Gasteiger partial charge in [0.1, 0.15) is 23.0 Å². The second-order valence-corrected chi connectivity index (χ2v) is 8.55. The van der Waals surface area contributed by atoms with Crippen molar-refractivity contribution in [1.82, 2.24) is 0 Å². The highest BCUT2D eigenvalue weighted by Crippen LogP contribution is 2.41. The normalized spacial score (nSPS) is 10.7. The second kappa shape index (κ2) is 12.7. The summed E-state index contributed by atoms with van der Waals surface area (Å²) in [5.74, 6) is 3.13. The molecule has 0 fully saturated rings. The summed E-state index contributed by atoms with van der Waals surface area (Å²) in [5.41, 5.74) is 4.23. The molecule has 3 heteroatoms. The molecule has 35 heavy (non-hydrogen) atoms. The minimum atomic E-state index is 0.691. The van der Waals surface area contributed by atoms with Gasteiger partial charge in [0.15, 0.2) is 0 Å². The third kappa shape index (κ3) is 6.66. The Balaban J connectivity index is 1.74. The van der Waals surface area contributed by atoms with Gasteiger partial charge < -0.3 is 14.2 Å². The first-order valence-corrected chi connectivity index (χ1v) is 12.6. The molecule has 0 aliphatic heterocycles. The summed E-state index contributed by atoms with van der Waals surface area (Å²) in [4.78, 5) is 0. The highest BCUT2D eigenvalue weighted by atomic mass is 16.5. The van der Waals surface area contributed by atoms with Crippen molar-refractivity contribution in [3.8, 4) is 45.3 Å². The maximum absolute atomic E-state index is 6.68. The first-order chi connectivity index (χ1) is 17.3. The van der Waals surface area contributed by atoms with Gasteiger partial charge in [-0.1, -0.05) is 87.4 Å². The van der Waals surface area contributed by atoms with Gasteiger partial charge in [-0.2, -0.15) is 0 Å². The predicted octanol–water partition coefficient (Wildman–Crippen LogP) is 9.17. The van der Waals surface area contributed by atoms with Crippen molar-refractivity contribution in [2.75, 3.05) is 13.2 Å². The molecule has 0 spiro atoms. The van der Waals surface area contributed by atoms with Crippen LogP contribution in [0.15, 0.2) is 97.1 Å². The van der Waals surface area contributed by atoms with E-state index in [1.165, 1.54) is 0 Å². The fourth-order valence-corrected chi connectivity index (χ4v) is 3.85. The molecular weight excluding hydrogens is 432 g/mol. The van der Waals surface area contributed by atoms with Crippen molar-refractivity contribution in [3.63, 3.8) is 0 Å². The van der Waals surface area contributed by atoms with E-state index in [1.807, 2.05) is 60.7 Å². The van der Waals surface area contributed by atoms with Gasteiger partial charge in [-0.25, -0.2) is 0 Å². The van der Waals surface area contributed by atoms with Gasteiger partial charge in [0, 0.05) is 23.3 Å². The molecule has 0 bridgehead atoms. The summed E-state index contributed by atoms with van der Waals surface area (Å²) in [7, 11) is 0. The van der Waals surface area contributed by atoms with Crippen molar-refractivity contribution < 1.29 is 14.2 Å². The molecule has 180 valence electrons. The lowest BCUT2D eigenvalue weighted by molar-refractivity contribution is 0.306. The van der Waals surface area contributed by atoms with Crippen molar-refractivity contribution in [1.29, 1.82) is 0 Å². The smallest absolute Gasteiger partial charge is 0.138 e. The topological polar surface area (TPSA) is 27.7 Å². The monoisotopic (exact) mass is 466 g/mol. The van der Waals surface area contributed by atoms with Crippen LogP contribution in [0.5, 0.6) is 23.0 Å². The largest absolute Gasteiger partial charge is 0.493 e. The zero-order valence-corrected chi connectivity index (χ0v) is 20.7. The van der Waals surface area contributed by atoms with Crippen LogP contribution >= 0.6 is 0 Å². The Morgan fingerprint density at radius 2 is 0.943 bits per heavy atom. The third-order valence-corrected chi connectivity index (χ3v) is 5.83. The van der Waals surface area contributed by atoms with Crippen LogP contribution in [-0.4, -0.2) is 13.2 Å². The van der Waals surface area contributed by atoms with Crippen molar-refractivity contribution >= 4 is 0 Å². The van der Waals surface area contributed by atoms with Crippen molar-refractivity contribution in [2.24, 2.45) is 0 Å². The summed E-state index contributed by atoms with van der Waals surface area (Å²) in [6, 6.07) is 32.8. The van der Waals surface area contributed by atoms with E-state index in [4.69, 9.17) is 14.2 Å². The van der Waals surface area contributed by atoms with Crippen LogP contribution in [0.25, 0.3) is 22.3 Å². The standard InChI is InChI=1S/C32H34O3/c1-3-5-21-33-27-17-19-29(25-13-9-7-10-14-25)31(23-27)35-32-24-28(34-22-6-4-2)18-20-30(32)26-15-11-8-12-16-26/h7-20,23-24H,3-6,21-22H2,1-2H3. The van der Waals surface area contributed by atoms with Gasteiger partial charge in [-0.05, 0) is 48.2 Å². The predicted molar refractivity (Wildman–Crippen MR) is 145 cm³/mol. The zero-order valence-electron chi connectivity index (χ0n) is 20.7. The Bertz CT molecular complexity index is 1090. The van der Waals surface area contributed by atoms with Gasteiger partial charge in [-0.15, -0.1) is 0 Å². The first-order valence-electron chi connectivity index (χ1n) is 12.6. The Morgan fingerprint density at radius 1 is 0.514 bits per heavy atom. The molecule has 0 aliphatic rings. The fraction of sp³-hybridized carbons (Fsp3) is 0.250. The van der Waals surface area contributed by atoms with Gasteiger partial charge in [0.2, 0.25) is 0 Å². The first kappa shape index (κ1) is 24.4. The minimum Gasteiger partial charge on any atom is -0.493 e. The second-order valence-electron chi connectivity index (χ2n) is 8.55. The maximum atomic E-state index is 6.68. The number of benzene rings is 4. The van der Waals surface area contributed by atoms with Gasteiger partial charge in [0.25, 0.3) is 0 Å². The molecule has 0 saturated carbocycles. The van der Waals surface area contributed by atoms with Crippen LogP contribution in [0.3, 0.4) is 0 Å². The van der Waals surface area contributed by atoms with Gasteiger partial charge in [0.05, 0.1) is 13.2 Å². The van der Waals surface area contributed by atoms with E-state index < -0.39 is 0 Å². The summed E-state index contributed by atoms with van der Waals surface area (Å²) in [6.07, 6.45) is 4.23. The molecule has 4 aromatic carbocycles. The SMILES string of the molecule is CCCCOc1ccc(-c2ccccc2)c(Oc2cc(OCCCC)ccc2-c2ccccc2)c1. The van der Waals surface area contributed by atoms with Gasteiger partial charge in [-0.3, -0.25) is 0 Å². The Kier molecular flexibility index (Phi) is 8.83. The molecule has 0 atom stereocenters. The van der Waals surface area contributed by atoms with Crippen molar-refractivity contribution in [3.05, 3.63) is 97.1 Å². The molecule has 0 aliphatic carbocycles. The Morgan fingerprint density at radius 3 is 1.34 bits per heavy atom. The lowest BCUT2D eigenvalue weighted by Gasteiger charge is -2.17. The van der Waals surface area contributed by atoms with Crippen molar-refractivity contribution in [2.45, 2.75) is 39.5 Å². The van der Waals surface area contributed by atoms with E-state index in [9.17, 15) is 0 Å². The van der Waals surface area contributed by atoms with E-state index >= 15 is 0 Å². The highest BCUT2D eigenvalue weighted by molar-refractivity contribution is 5.75. The lowest BCUT2D eigenvalue weighted by Crippen LogP contribution is -1.99. The molecule has 0 radical (unpaired) electrons. The number of rotatable bonds is 12. The third-order valence-electron chi connectivity index (χ3n) is 5.83. The minimum absolute atomic E-state index is 0.691. The number of hydrogen-bond acceptors (Lipinski definition) is 3. The van der Waals surface area contributed by atoms with Crippen LogP contribution in [0.2, 0.25) is 0 Å². The Labute approximate surface area is 209 Å². The molecule has 0 N–H and O–H groups in total. The molecule has 3 nitrogen and oxygen atoms in total. The quantitative estimate of drug-likeness (QED) is 0.195. The van der Waals surface area contributed by atoms with E-state index in [0.717, 1.165) is 70.9 Å². The summed E-state index contributed by atoms with van der Waals surface area (Å²) < 4.78 is 18.7. The maximum Gasteiger partial charge on any atom is 0.138 e. The molecule has 0 unspecified atom stereocenters. The molecular formula is C32H34O3. The van der Waals surface area contributed by atoms with Crippen LogP contribution < -0.4 is 14.2 Å². The van der Waals surface area contributed by atoms with E-state index in [2.05, 4.69) is 50.2 Å². The molecule has 0 amide bonds. The van der Waals surface area contributed by atoms with Gasteiger partial charge >= 0.3 is 0 Å². The summed E-state index contributed by atoms with van der Waals surface area (Å²) in [6.45, 7) is 5.71. The van der Waals surface area contributed by atoms with Crippen LogP contribution in [-0.2, 0) is 0 Å². The fourth-order valence-electron chi connectivity index (χ4n) is 3.85. The lowest BCUT2D eigenvalue weighted by atomic mass is 10.0. The van der Waals surface area contributed by atoms with Crippen LogP contribution in [0, 0.1) is 0 Å².